The van der Waals surface area contributed by atoms with Crippen LogP contribution in [0.2, 0.25) is 0 Å². The second-order valence-corrected chi connectivity index (χ2v) is 9.54. The summed E-state index contributed by atoms with van der Waals surface area (Å²) in [4.78, 5) is 5.22. The molecule has 5 heteroatoms. The zero-order valence-electron chi connectivity index (χ0n) is 17.6. The average Bonchev–Trinajstić information content (AvgIpc) is 3.04. The molecule has 1 aromatic rings. The van der Waals surface area contributed by atoms with Crippen molar-refractivity contribution in [1.29, 1.82) is 0 Å². The van der Waals surface area contributed by atoms with Gasteiger partial charge < -0.3 is 10.0 Å². The minimum Gasteiger partial charge on any atom is -0.396 e. The van der Waals surface area contributed by atoms with E-state index in [0.717, 1.165) is 32.7 Å². The first-order valence-electron chi connectivity index (χ1n) is 11.2. The molecule has 3 saturated heterocycles. The molecule has 28 heavy (non-hydrogen) atoms. The Bertz CT molecular complexity index is 606. The van der Waals surface area contributed by atoms with Gasteiger partial charge in [0.25, 0.3) is 0 Å². The highest BCUT2D eigenvalue weighted by Crippen LogP contribution is 2.45. The molecule has 3 heterocycles. The summed E-state index contributed by atoms with van der Waals surface area (Å²) in [5.41, 5.74) is 8.53. The number of hydrogen-bond donors (Lipinski definition) is 3. The van der Waals surface area contributed by atoms with Gasteiger partial charge in [-0.3, -0.25) is 15.8 Å². The van der Waals surface area contributed by atoms with Crippen LogP contribution in [-0.4, -0.2) is 66.3 Å². The fourth-order valence-electron chi connectivity index (χ4n) is 5.78. The molecule has 3 fully saturated rings. The number of nitrogens with one attached hydrogen (secondary N) is 2. The van der Waals surface area contributed by atoms with Gasteiger partial charge in [0, 0.05) is 50.2 Å². The molecule has 0 bridgehead atoms. The molecule has 0 aliphatic carbocycles. The molecule has 1 spiro atoms. The second-order valence-electron chi connectivity index (χ2n) is 9.54. The Kier molecular flexibility index (Phi) is 6.38. The van der Waals surface area contributed by atoms with Crippen molar-refractivity contribution >= 4 is 0 Å². The molecule has 0 radical (unpaired) electrons. The van der Waals surface area contributed by atoms with Crippen LogP contribution in [0.25, 0.3) is 0 Å². The van der Waals surface area contributed by atoms with Crippen LogP contribution in [0, 0.1) is 17.3 Å². The monoisotopic (exact) mass is 386 g/mol. The van der Waals surface area contributed by atoms with Crippen molar-refractivity contribution in [1.82, 2.24) is 20.7 Å². The summed E-state index contributed by atoms with van der Waals surface area (Å²) in [5, 5.41) is 10.2. The van der Waals surface area contributed by atoms with Crippen molar-refractivity contribution < 1.29 is 5.11 Å². The molecular formula is C23H38N4O. The lowest BCUT2D eigenvalue weighted by Crippen LogP contribution is -2.54. The number of piperidine rings is 2. The lowest BCUT2D eigenvalue weighted by molar-refractivity contribution is -0.0465. The van der Waals surface area contributed by atoms with Crippen molar-refractivity contribution in [2.75, 3.05) is 39.3 Å². The number of hydrazine groups is 1. The molecule has 3 atom stereocenters. The van der Waals surface area contributed by atoms with Gasteiger partial charge in [-0.2, -0.15) is 0 Å². The molecule has 3 aliphatic heterocycles. The van der Waals surface area contributed by atoms with Crippen LogP contribution >= 0.6 is 0 Å². The summed E-state index contributed by atoms with van der Waals surface area (Å²) >= 11 is 0. The Morgan fingerprint density at radius 1 is 0.964 bits per heavy atom. The number of aliphatic hydroxyl groups excluding tert-OH is 1. The third kappa shape index (κ3) is 4.29. The normalized spacial score (nSPS) is 34.1. The third-order valence-electron chi connectivity index (χ3n) is 7.88. The van der Waals surface area contributed by atoms with Crippen molar-refractivity contribution in [3.05, 3.63) is 35.9 Å². The number of nitrogens with zero attached hydrogens (tertiary/aromatic N) is 2. The van der Waals surface area contributed by atoms with E-state index in [9.17, 15) is 5.11 Å². The van der Waals surface area contributed by atoms with Gasteiger partial charge in [-0.15, -0.1) is 0 Å². The van der Waals surface area contributed by atoms with E-state index in [4.69, 9.17) is 0 Å². The van der Waals surface area contributed by atoms with E-state index in [1.54, 1.807) is 0 Å². The summed E-state index contributed by atoms with van der Waals surface area (Å²) in [6.07, 6.45) is 3.71. The van der Waals surface area contributed by atoms with E-state index in [1.165, 1.54) is 31.4 Å². The topological polar surface area (TPSA) is 50.8 Å². The highest BCUT2D eigenvalue weighted by Gasteiger charge is 2.45. The highest BCUT2D eigenvalue weighted by atomic mass is 16.3. The Hall–Kier alpha value is -0.980. The number of rotatable bonds is 5. The quantitative estimate of drug-likeness (QED) is 0.723. The summed E-state index contributed by atoms with van der Waals surface area (Å²) in [6.45, 7) is 11.7. The Morgan fingerprint density at radius 2 is 1.57 bits per heavy atom. The Labute approximate surface area is 170 Å². The largest absolute Gasteiger partial charge is 0.396 e. The zero-order valence-corrected chi connectivity index (χ0v) is 17.6. The van der Waals surface area contributed by atoms with Gasteiger partial charge in [-0.25, -0.2) is 0 Å². The van der Waals surface area contributed by atoms with Crippen LogP contribution in [0.5, 0.6) is 0 Å². The summed E-state index contributed by atoms with van der Waals surface area (Å²) in [6, 6.07) is 11.8. The average molecular weight is 387 g/mol. The molecular weight excluding hydrogens is 348 g/mol. The first-order chi connectivity index (χ1) is 13.6. The maximum absolute atomic E-state index is 10.2. The number of hydrogen-bond acceptors (Lipinski definition) is 5. The predicted molar refractivity (Wildman–Crippen MR) is 114 cm³/mol. The molecule has 4 rings (SSSR count). The van der Waals surface area contributed by atoms with Gasteiger partial charge in [-0.1, -0.05) is 30.3 Å². The van der Waals surface area contributed by atoms with Crippen molar-refractivity contribution in [3.63, 3.8) is 0 Å². The minimum atomic E-state index is 0.335. The van der Waals surface area contributed by atoms with Crippen molar-refractivity contribution in [2.24, 2.45) is 17.3 Å². The van der Waals surface area contributed by atoms with Gasteiger partial charge in [-0.05, 0) is 63.7 Å². The van der Waals surface area contributed by atoms with E-state index >= 15 is 0 Å². The van der Waals surface area contributed by atoms with Gasteiger partial charge >= 0.3 is 0 Å². The van der Waals surface area contributed by atoms with Crippen molar-refractivity contribution in [3.8, 4) is 0 Å². The summed E-state index contributed by atoms with van der Waals surface area (Å²) in [5.74, 6) is 1.06. The molecule has 0 amide bonds. The first kappa shape index (κ1) is 20.3. The fourth-order valence-corrected chi connectivity index (χ4v) is 5.78. The van der Waals surface area contributed by atoms with Crippen LogP contribution in [0.3, 0.4) is 0 Å². The van der Waals surface area contributed by atoms with Gasteiger partial charge in [0.1, 0.15) is 0 Å². The Morgan fingerprint density at radius 3 is 2.18 bits per heavy atom. The summed E-state index contributed by atoms with van der Waals surface area (Å²) in [7, 11) is 0. The Balaban J connectivity index is 1.32. The summed E-state index contributed by atoms with van der Waals surface area (Å²) < 4.78 is 0. The number of aliphatic hydroxyl groups is 1. The van der Waals surface area contributed by atoms with Gasteiger partial charge in [0.2, 0.25) is 0 Å². The standard InChI is InChI=1S/C23H38N4O/c1-18-22(19(2)25-24-18)16-27-13-10-23(21(15-27)17-28)8-11-26(12-9-23)14-20-6-4-3-5-7-20/h3-7,18-19,21-22,24-25,28H,8-17H2,1-2H3. The molecule has 3 aliphatic rings. The fraction of sp³-hybridized carbons (Fsp3) is 0.739. The van der Waals surface area contributed by atoms with Crippen LogP contribution in [0.1, 0.15) is 38.7 Å². The molecule has 0 saturated carbocycles. The lowest BCUT2D eigenvalue weighted by atomic mass is 9.64. The van der Waals surface area contributed by atoms with E-state index in [1.807, 2.05) is 0 Å². The maximum Gasteiger partial charge on any atom is 0.0476 e. The highest BCUT2D eigenvalue weighted by molar-refractivity contribution is 5.14. The van der Waals surface area contributed by atoms with Crippen LogP contribution < -0.4 is 10.9 Å². The smallest absolute Gasteiger partial charge is 0.0476 e. The molecule has 3 N–H and O–H groups in total. The predicted octanol–water partition coefficient (Wildman–Crippen LogP) is 2.08. The second kappa shape index (κ2) is 8.80. The van der Waals surface area contributed by atoms with Crippen LogP contribution in [0.15, 0.2) is 30.3 Å². The van der Waals surface area contributed by atoms with Crippen LogP contribution in [-0.2, 0) is 6.54 Å². The number of benzene rings is 1. The zero-order chi connectivity index (χ0) is 19.6. The molecule has 0 aromatic heterocycles. The SMILES string of the molecule is CC1NNC(C)C1CN1CCC2(CCN(Cc3ccccc3)CC2)C(CO)C1. The van der Waals surface area contributed by atoms with Crippen molar-refractivity contribution in [2.45, 2.75) is 51.7 Å². The lowest BCUT2D eigenvalue weighted by Gasteiger charge is -2.52. The third-order valence-corrected chi connectivity index (χ3v) is 7.88. The van der Waals surface area contributed by atoms with Gasteiger partial charge in [0.15, 0.2) is 0 Å². The van der Waals surface area contributed by atoms with E-state index in [0.29, 0.717) is 35.9 Å². The van der Waals surface area contributed by atoms with E-state index in [-0.39, 0.29) is 0 Å². The first-order valence-corrected chi connectivity index (χ1v) is 11.2. The maximum atomic E-state index is 10.2. The molecule has 1 aromatic carbocycles. The number of likely N-dealkylation sites (tertiary alicyclic amines) is 2. The molecule has 3 unspecified atom stereocenters. The molecule has 156 valence electrons. The van der Waals surface area contributed by atoms with Crippen LogP contribution in [0.4, 0.5) is 0 Å². The van der Waals surface area contributed by atoms with E-state index < -0.39 is 0 Å². The molecule has 5 nitrogen and oxygen atoms in total. The van der Waals surface area contributed by atoms with Gasteiger partial charge in [0.05, 0.1) is 0 Å². The minimum absolute atomic E-state index is 0.335. The van der Waals surface area contributed by atoms with E-state index in [2.05, 4.69) is 64.8 Å².